The number of aromatic amines is 1. The van der Waals surface area contributed by atoms with E-state index in [2.05, 4.69) is 10.3 Å². The van der Waals surface area contributed by atoms with E-state index in [4.69, 9.17) is 4.74 Å². The zero-order chi connectivity index (χ0) is 17.2. The second-order valence-electron chi connectivity index (χ2n) is 6.47. The number of carbonyl (C=O) groups is 2. The summed E-state index contributed by atoms with van der Waals surface area (Å²) in [6.45, 7) is 0.167. The summed E-state index contributed by atoms with van der Waals surface area (Å²) in [7, 11) is 1.59. The Kier molecular flexibility index (Phi) is 4.46. The molecular weight excluding hydrogens is 308 g/mol. The van der Waals surface area contributed by atoms with Crippen molar-refractivity contribution in [2.75, 3.05) is 13.7 Å². The Morgan fingerprint density at radius 3 is 2.67 bits per heavy atom. The molecule has 0 saturated heterocycles. The number of hydrogen-bond donors (Lipinski definition) is 3. The number of ether oxygens (including phenoxy) is 1. The molecule has 1 saturated carbocycles. The summed E-state index contributed by atoms with van der Waals surface area (Å²) in [5.41, 5.74) is 0.435. The monoisotopic (exact) mass is 330 g/mol. The zero-order valence-corrected chi connectivity index (χ0v) is 13.7. The van der Waals surface area contributed by atoms with Gasteiger partial charge in [-0.1, -0.05) is 19.3 Å². The van der Waals surface area contributed by atoms with Crippen LogP contribution in [0.2, 0.25) is 0 Å². The van der Waals surface area contributed by atoms with E-state index in [1.165, 1.54) is 0 Å². The van der Waals surface area contributed by atoms with Crippen LogP contribution in [0.4, 0.5) is 0 Å². The molecule has 1 aliphatic carbocycles. The van der Waals surface area contributed by atoms with Gasteiger partial charge in [0.15, 0.2) is 0 Å². The Morgan fingerprint density at radius 1 is 1.25 bits per heavy atom. The summed E-state index contributed by atoms with van der Waals surface area (Å²) in [4.78, 5) is 27.1. The lowest BCUT2D eigenvalue weighted by Crippen LogP contribution is -2.44. The SMILES string of the molecule is COc1ccc2[nH]c(C(=O)NCC3(C(=O)O)CCCCC3)cc2c1. The first-order valence-corrected chi connectivity index (χ1v) is 8.22. The topological polar surface area (TPSA) is 91.4 Å². The number of carbonyl (C=O) groups excluding carboxylic acids is 1. The molecule has 6 heteroatoms. The number of benzene rings is 1. The number of aliphatic carboxylic acids is 1. The molecule has 1 aromatic heterocycles. The van der Waals surface area contributed by atoms with Crippen LogP contribution in [0.25, 0.3) is 10.9 Å². The number of rotatable bonds is 5. The number of aromatic nitrogens is 1. The molecular formula is C18H22N2O4. The van der Waals surface area contributed by atoms with Crippen molar-refractivity contribution in [2.45, 2.75) is 32.1 Å². The summed E-state index contributed by atoms with van der Waals surface area (Å²) in [6.07, 6.45) is 4.09. The number of carboxylic acid groups (broad SMARTS) is 1. The highest BCUT2D eigenvalue weighted by Gasteiger charge is 2.39. The third kappa shape index (κ3) is 3.09. The Labute approximate surface area is 140 Å². The lowest BCUT2D eigenvalue weighted by Gasteiger charge is -2.33. The predicted molar refractivity (Wildman–Crippen MR) is 90.3 cm³/mol. The number of hydrogen-bond acceptors (Lipinski definition) is 3. The number of amides is 1. The van der Waals surface area contributed by atoms with E-state index in [0.29, 0.717) is 18.5 Å². The van der Waals surface area contributed by atoms with Gasteiger partial charge in [-0.2, -0.15) is 0 Å². The number of fused-ring (bicyclic) bond motifs is 1. The Balaban J connectivity index is 1.73. The summed E-state index contributed by atoms with van der Waals surface area (Å²) in [5.74, 6) is -0.374. The molecule has 1 aromatic carbocycles. The van der Waals surface area contributed by atoms with Crippen molar-refractivity contribution in [1.29, 1.82) is 0 Å². The smallest absolute Gasteiger partial charge is 0.311 e. The van der Waals surface area contributed by atoms with Crippen molar-refractivity contribution >= 4 is 22.8 Å². The first-order chi connectivity index (χ1) is 11.5. The largest absolute Gasteiger partial charge is 0.497 e. The van der Waals surface area contributed by atoms with E-state index in [1.807, 2.05) is 18.2 Å². The van der Waals surface area contributed by atoms with Crippen LogP contribution < -0.4 is 10.1 Å². The average Bonchev–Trinajstić information content (AvgIpc) is 3.03. The van der Waals surface area contributed by atoms with Gasteiger partial charge in [0, 0.05) is 17.4 Å². The number of H-pyrrole nitrogens is 1. The third-order valence-corrected chi connectivity index (χ3v) is 4.92. The molecule has 0 atom stereocenters. The van der Waals surface area contributed by atoms with Crippen LogP contribution in [0.3, 0.4) is 0 Å². The Hall–Kier alpha value is -2.50. The molecule has 0 aliphatic heterocycles. The molecule has 0 spiro atoms. The van der Waals surface area contributed by atoms with E-state index in [9.17, 15) is 14.7 Å². The van der Waals surface area contributed by atoms with Gasteiger partial charge in [0.1, 0.15) is 11.4 Å². The standard InChI is InChI=1S/C18H22N2O4/c1-24-13-5-6-14-12(9-13)10-15(20-14)16(21)19-11-18(17(22)23)7-3-2-4-8-18/h5-6,9-10,20H,2-4,7-8,11H2,1H3,(H,19,21)(H,22,23). The van der Waals surface area contributed by atoms with E-state index < -0.39 is 11.4 Å². The van der Waals surface area contributed by atoms with Gasteiger partial charge in [-0.25, -0.2) is 0 Å². The average molecular weight is 330 g/mol. The molecule has 1 fully saturated rings. The fourth-order valence-electron chi connectivity index (χ4n) is 3.40. The molecule has 1 aliphatic rings. The van der Waals surface area contributed by atoms with E-state index >= 15 is 0 Å². The van der Waals surface area contributed by atoms with E-state index in [1.54, 1.807) is 13.2 Å². The van der Waals surface area contributed by atoms with Crippen LogP contribution in [0.5, 0.6) is 5.75 Å². The second kappa shape index (κ2) is 6.55. The molecule has 6 nitrogen and oxygen atoms in total. The molecule has 24 heavy (non-hydrogen) atoms. The van der Waals surface area contributed by atoms with Crippen LogP contribution >= 0.6 is 0 Å². The van der Waals surface area contributed by atoms with Crippen molar-refractivity contribution in [2.24, 2.45) is 5.41 Å². The molecule has 2 aromatic rings. The number of methoxy groups -OCH3 is 1. The molecule has 3 N–H and O–H groups in total. The fourth-order valence-corrected chi connectivity index (χ4v) is 3.40. The van der Waals surface area contributed by atoms with Gasteiger partial charge < -0.3 is 20.1 Å². The molecule has 128 valence electrons. The van der Waals surface area contributed by atoms with Crippen molar-refractivity contribution in [3.8, 4) is 5.75 Å². The van der Waals surface area contributed by atoms with Crippen LogP contribution in [0.15, 0.2) is 24.3 Å². The summed E-state index contributed by atoms with van der Waals surface area (Å²) in [5, 5.41) is 13.2. The summed E-state index contributed by atoms with van der Waals surface area (Å²) in [6, 6.07) is 7.27. The lowest BCUT2D eigenvalue weighted by molar-refractivity contribution is -0.150. The fraction of sp³-hybridized carbons (Fsp3) is 0.444. The first kappa shape index (κ1) is 16.4. The van der Waals surface area contributed by atoms with Gasteiger partial charge in [0.25, 0.3) is 5.91 Å². The molecule has 3 rings (SSSR count). The third-order valence-electron chi connectivity index (χ3n) is 4.92. The maximum atomic E-state index is 12.4. The minimum absolute atomic E-state index is 0.167. The predicted octanol–water partition coefficient (Wildman–Crippen LogP) is 2.94. The summed E-state index contributed by atoms with van der Waals surface area (Å²) < 4.78 is 5.18. The van der Waals surface area contributed by atoms with Crippen molar-refractivity contribution in [3.05, 3.63) is 30.0 Å². The lowest BCUT2D eigenvalue weighted by atomic mass is 9.74. The van der Waals surface area contributed by atoms with Crippen LogP contribution in [0, 0.1) is 5.41 Å². The molecule has 0 bridgehead atoms. The maximum Gasteiger partial charge on any atom is 0.311 e. The highest BCUT2D eigenvalue weighted by molar-refractivity contribution is 5.98. The van der Waals surface area contributed by atoms with Gasteiger partial charge in [0.05, 0.1) is 12.5 Å². The molecule has 0 radical (unpaired) electrons. The Bertz CT molecular complexity index is 759. The normalized spacial score (nSPS) is 16.7. The zero-order valence-electron chi connectivity index (χ0n) is 13.7. The van der Waals surface area contributed by atoms with Gasteiger partial charge in [-0.3, -0.25) is 9.59 Å². The highest BCUT2D eigenvalue weighted by Crippen LogP contribution is 2.36. The maximum absolute atomic E-state index is 12.4. The minimum atomic E-state index is -0.830. The van der Waals surface area contributed by atoms with Crippen molar-refractivity contribution in [1.82, 2.24) is 10.3 Å². The molecule has 0 unspecified atom stereocenters. The van der Waals surface area contributed by atoms with Crippen LogP contribution in [0.1, 0.15) is 42.6 Å². The quantitative estimate of drug-likeness (QED) is 0.786. The van der Waals surface area contributed by atoms with Gasteiger partial charge >= 0.3 is 5.97 Å². The van der Waals surface area contributed by atoms with Crippen molar-refractivity contribution < 1.29 is 19.4 Å². The van der Waals surface area contributed by atoms with Gasteiger partial charge in [0.2, 0.25) is 0 Å². The molecule has 1 heterocycles. The molecule has 1 amide bonds. The van der Waals surface area contributed by atoms with Crippen LogP contribution in [-0.4, -0.2) is 35.6 Å². The van der Waals surface area contributed by atoms with E-state index in [0.717, 1.165) is 35.9 Å². The van der Waals surface area contributed by atoms with E-state index in [-0.39, 0.29) is 12.5 Å². The highest BCUT2D eigenvalue weighted by atomic mass is 16.5. The first-order valence-electron chi connectivity index (χ1n) is 8.22. The minimum Gasteiger partial charge on any atom is -0.497 e. The Morgan fingerprint density at radius 2 is 2.00 bits per heavy atom. The number of carboxylic acids is 1. The van der Waals surface area contributed by atoms with Crippen LogP contribution in [-0.2, 0) is 4.79 Å². The van der Waals surface area contributed by atoms with Gasteiger partial charge in [-0.05, 0) is 37.1 Å². The summed E-state index contributed by atoms with van der Waals surface area (Å²) >= 11 is 0. The van der Waals surface area contributed by atoms with Gasteiger partial charge in [-0.15, -0.1) is 0 Å². The second-order valence-corrected chi connectivity index (χ2v) is 6.47. The van der Waals surface area contributed by atoms with Crippen molar-refractivity contribution in [3.63, 3.8) is 0 Å². The number of nitrogens with one attached hydrogen (secondary N) is 2.